The second-order valence-electron chi connectivity index (χ2n) is 2.83. The Labute approximate surface area is 70.8 Å². The molecule has 0 aromatic carbocycles. The van der Waals surface area contributed by atoms with Gasteiger partial charge in [0.2, 0.25) is 0 Å². The van der Waals surface area contributed by atoms with Gasteiger partial charge in [0.25, 0.3) is 0 Å². The summed E-state index contributed by atoms with van der Waals surface area (Å²) in [7, 11) is 1.88. The summed E-state index contributed by atoms with van der Waals surface area (Å²) in [6.45, 7) is 0.172. The zero-order chi connectivity index (χ0) is 8.27. The monoisotopic (exact) mass is 175 g/mol. The van der Waals surface area contributed by atoms with E-state index in [2.05, 4.69) is 0 Å². The number of carboxylic acids is 1. The van der Waals surface area contributed by atoms with Crippen molar-refractivity contribution >= 4 is 17.7 Å². The Morgan fingerprint density at radius 3 is 3.00 bits per heavy atom. The Balaban J connectivity index is 2.28. The lowest BCUT2D eigenvalue weighted by atomic mass is 10.2. The molecule has 1 fully saturated rings. The van der Waals surface area contributed by atoms with Crippen LogP contribution in [0.1, 0.15) is 6.42 Å². The number of rotatable bonds is 3. The van der Waals surface area contributed by atoms with Crippen LogP contribution in [0.25, 0.3) is 0 Å². The molecular weight excluding hydrogens is 162 g/mol. The maximum atomic E-state index is 10.3. The summed E-state index contributed by atoms with van der Waals surface area (Å²) in [5, 5.41) is 8.50. The molecule has 0 saturated carbocycles. The first-order valence-corrected chi connectivity index (χ1v) is 4.85. The predicted molar refractivity (Wildman–Crippen MR) is 46.0 cm³/mol. The minimum atomic E-state index is -0.732. The van der Waals surface area contributed by atoms with E-state index < -0.39 is 5.97 Å². The van der Waals surface area contributed by atoms with Gasteiger partial charge in [-0.1, -0.05) is 0 Å². The van der Waals surface area contributed by atoms with Crippen LogP contribution >= 0.6 is 11.8 Å². The fourth-order valence-corrected chi connectivity index (χ4v) is 2.51. The van der Waals surface area contributed by atoms with Crippen LogP contribution < -0.4 is 0 Å². The average Bonchev–Trinajstić information content (AvgIpc) is 2.35. The molecule has 0 bridgehead atoms. The third-order valence-corrected chi connectivity index (χ3v) is 3.06. The SMILES string of the molecule is CN(CC(=O)O)[C@@H]1CCSC1. The normalized spacial score (nSPS) is 24.4. The lowest BCUT2D eigenvalue weighted by Gasteiger charge is -2.20. The van der Waals surface area contributed by atoms with Gasteiger partial charge >= 0.3 is 5.97 Å². The van der Waals surface area contributed by atoms with E-state index in [9.17, 15) is 4.79 Å². The first kappa shape index (κ1) is 8.87. The highest BCUT2D eigenvalue weighted by atomic mass is 32.2. The first-order valence-electron chi connectivity index (χ1n) is 3.70. The number of hydrogen-bond donors (Lipinski definition) is 1. The van der Waals surface area contributed by atoms with Crippen molar-refractivity contribution in [1.29, 1.82) is 0 Å². The molecule has 1 heterocycles. The molecule has 1 aliphatic heterocycles. The van der Waals surface area contributed by atoms with Crippen LogP contribution in [0.4, 0.5) is 0 Å². The molecular formula is C7H13NO2S. The van der Waals surface area contributed by atoms with E-state index in [0.717, 1.165) is 12.2 Å². The largest absolute Gasteiger partial charge is 0.480 e. The Kier molecular flexibility index (Phi) is 3.20. The van der Waals surface area contributed by atoms with E-state index in [1.807, 2.05) is 23.7 Å². The minimum Gasteiger partial charge on any atom is -0.480 e. The standard InChI is InChI=1S/C7H13NO2S/c1-8(4-7(9)10)6-2-3-11-5-6/h6H,2-5H2,1H3,(H,9,10)/t6-/m1/s1. The van der Waals surface area contributed by atoms with E-state index in [1.54, 1.807) is 0 Å². The van der Waals surface area contributed by atoms with Gasteiger partial charge in [0, 0.05) is 11.8 Å². The molecule has 11 heavy (non-hydrogen) atoms. The third kappa shape index (κ3) is 2.71. The maximum Gasteiger partial charge on any atom is 0.317 e. The van der Waals surface area contributed by atoms with E-state index in [0.29, 0.717) is 6.04 Å². The molecule has 0 amide bonds. The van der Waals surface area contributed by atoms with Crippen molar-refractivity contribution in [2.75, 3.05) is 25.1 Å². The van der Waals surface area contributed by atoms with E-state index in [1.165, 1.54) is 5.75 Å². The Morgan fingerprint density at radius 1 is 1.82 bits per heavy atom. The number of nitrogens with zero attached hydrogens (tertiary/aromatic N) is 1. The fourth-order valence-electron chi connectivity index (χ4n) is 1.21. The highest BCUT2D eigenvalue weighted by Crippen LogP contribution is 2.20. The molecule has 4 heteroatoms. The molecule has 0 aromatic heterocycles. The summed E-state index contributed by atoms with van der Waals surface area (Å²) in [6, 6.07) is 0.482. The number of aliphatic carboxylic acids is 1. The van der Waals surface area contributed by atoms with Crippen LogP contribution in [0.2, 0.25) is 0 Å². The van der Waals surface area contributed by atoms with Crippen LogP contribution in [-0.4, -0.2) is 47.1 Å². The van der Waals surface area contributed by atoms with E-state index in [-0.39, 0.29) is 6.54 Å². The van der Waals surface area contributed by atoms with Crippen molar-refractivity contribution in [2.24, 2.45) is 0 Å². The van der Waals surface area contributed by atoms with Gasteiger partial charge in [0.05, 0.1) is 6.54 Å². The van der Waals surface area contributed by atoms with Gasteiger partial charge in [0.1, 0.15) is 0 Å². The molecule has 0 radical (unpaired) electrons. The van der Waals surface area contributed by atoms with Crippen molar-refractivity contribution in [3.05, 3.63) is 0 Å². The van der Waals surface area contributed by atoms with Gasteiger partial charge in [0.15, 0.2) is 0 Å². The van der Waals surface area contributed by atoms with Crippen LogP contribution in [0, 0.1) is 0 Å². The summed E-state index contributed by atoms with van der Waals surface area (Å²) in [4.78, 5) is 12.2. The summed E-state index contributed by atoms with van der Waals surface area (Å²) in [5.74, 6) is 1.53. The zero-order valence-electron chi connectivity index (χ0n) is 6.62. The van der Waals surface area contributed by atoms with Gasteiger partial charge < -0.3 is 5.11 Å². The molecule has 3 nitrogen and oxygen atoms in total. The number of likely N-dealkylation sites (N-methyl/N-ethyl adjacent to an activating group) is 1. The topological polar surface area (TPSA) is 40.5 Å². The summed E-state index contributed by atoms with van der Waals surface area (Å²) >= 11 is 1.90. The van der Waals surface area contributed by atoms with Gasteiger partial charge in [-0.3, -0.25) is 9.69 Å². The van der Waals surface area contributed by atoms with Gasteiger partial charge in [-0.15, -0.1) is 0 Å². The van der Waals surface area contributed by atoms with Crippen molar-refractivity contribution in [1.82, 2.24) is 4.90 Å². The summed E-state index contributed by atoms with van der Waals surface area (Å²) in [6.07, 6.45) is 1.13. The van der Waals surface area contributed by atoms with E-state index in [4.69, 9.17) is 5.11 Å². The molecule has 0 aromatic rings. The third-order valence-electron chi connectivity index (χ3n) is 1.91. The molecule has 0 aliphatic carbocycles. The molecule has 1 N–H and O–H groups in total. The smallest absolute Gasteiger partial charge is 0.317 e. The van der Waals surface area contributed by atoms with Gasteiger partial charge in [-0.25, -0.2) is 0 Å². The number of carbonyl (C=O) groups is 1. The van der Waals surface area contributed by atoms with Crippen molar-refractivity contribution in [2.45, 2.75) is 12.5 Å². The highest BCUT2D eigenvalue weighted by Gasteiger charge is 2.20. The molecule has 1 atom stereocenters. The molecule has 1 saturated heterocycles. The Morgan fingerprint density at radius 2 is 2.55 bits per heavy atom. The second kappa shape index (κ2) is 3.97. The second-order valence-corrected chi connectivity index (χ2v) is 3.98. The maximum absolute atomic E-state index is 10.3. The van der Waals surface area contributed by atoms with Crippen LogP contribution in [-0.2, 0) is 4.79 Å². The van der Waals surface area contributed by atoms with Crippen molar-refractivity contribution in [3.8, 4) is 0 Å². The number of carboxylic acid groups (broad SMARTS) is 1. The molecule has 64 valence electrons. The fraction of sp³-hybridized carbons (Fsp3) is 0.857. The molecule has 1 aliphatic rings. The first-order chi connectivity index (χ1) is 5.20. The highest BCUT2D eigenvalue weighted by molar-refractivity contribution is 7.99. The Bertz CT molecular complexity index is 145. The Hall–Kier alpha value is -0.220. The summed E-state index contributed by atoms with van der Waals surface area (Å²) in [5.41, 5.74) is 0. The minimum absolute atomic E-state index is 0.172. The van der Waals surface area contributed by atoms with Crippen LogP contribution in [0.3, 0.4) is 0 Å². The van der Waals surface area contributed by atoms with Gasteiger partial charge in [-0.05, 0) is 19.2 Å². The van der Waals surface area contributed by atoms with Crippen molar-refractivity contribution < 1.29 is 9.90 Å². The molecule has 1 rings (SSSR count). The average molecular weight is 175 g/mol. The lowest BCUT2D eigenvalue weighted by molar-refractivity contribution is -0.138. The van der Waals surface area contributed by atoms with E-state index >= 15 is 0 Å². The van der Waals surface area contributed by atoms with Crippen molar-refractivity contribution in [3.63, 3.8) is 0 Å². The summed E-state index contributed by atoms with van der Waals surface area (Å²) < 4.78 is 0. The lowest BCUT2D eigenvalue weighted by Crippen LogP contribution is -2.35. The van der Waals surface area contributed by atoms with Crippen LogP contribution in [0.5, 0.6) is 0 Å². The molecule has 0 unspecified atom stereocenters. The molecule has 0 spiro atoms. The number of hydrogen-bond acceptors (Lipinski definition) is 3. The predicted octanol–water partition coefficient (Wildman–Crippen LogP) is 0.508. The van der Waals surface area contributed by atoms with Gasteiger partial charge in [-0.2, -0.15) is 11.8 Å². The van der Waals surface area contributed by atoms with Crippen LogP contribution in [0.15, 0.2) is 0 Å². The number of thioether (sulfide) groups is 1. The quantitative estimate of drug-likeness (QED) is 0.678. The zero-order valence-corrected chi connectivity index (χ0v) is 7.43.